The Morgan fingerprint density at radius 2 is 1.90 bits per heavy atom. The first kappa shape index (κ1) is 13.6. The zero-order chi connectivity index (χ0) is 13.8. The topological polar surface area (TPSA) is 35.6 Å². The van der Waals surface area contributed by atoms with E-state index < -0.39 is 0 Å². The van der Waals surface area contributed by atoms with Gasteiger partial charge in [-0.15, -0.1) is 0 Å². The number of amides is 2. The molecule has 1 aromatic carbocycles. The van der Waals surface area contributed by atoms with Gasteiger partial charge in [0.15, 0.2) is 0 Å². The zero-order valence-corrected chi connectivity index (χ0v) is 12.4. The minimum absolute atomic E-state index is 0.116. The van der Waals surface area contributed by atoms with Gasteiger partial charge < -0.3 is 15.1 Å². The molecule has 1 N–H and O–H groups in total. The van der Waals surface area contributed by atoms with Crippen molar-refractivity contribution in [3.63, 3.8) is 0 Å². The molecule has 20 heavy (non-hydrogen) atoms. The average Bonchev–Trinajstić information content (AvgIpc) is 2.97. The molecule has 1 atom stereocenters. The van der Waals surface area contributed by atoms with Crippen LogP contribution in [0.4, 0.5) is 10.5 Å². The zero-order valence-electron chi connectivity index (χ0n) is 11.6. The summed E-state index contributed by atoms with van der Waals surface area (Å²) in [4.78, 5) is 16.5. The number of anilines is 1. The Bertz CT molecular complexity index is 448. The third-order valence-corrected chi connectivity index (χ3v) is 4.88. The molecule has 2 aliphatic heterocycles. The first-order valence-electron chi connectivity index (χ1n) is 7.26. The fraction of sp³-hybridized carbons (Fsp3) is 0.533. The van der Waals surface area contributed by atoms with Crippen LogP contribution in [0.2, 0.25) is 0 Å². The predicted octanol–water partition coefficient (Wildman–Crippen LogP) is 2.02. The first-order valence-corrected chi connectivity index (χ1v) is 8.41. The van der Waals surface area contributed by atoms with E-state index in [2.05, 4.69) is 34.5 Å². The minimum atomic E-state index is 0.116. The Kier molecular flexibility index (Phi) is 4.35. The summed E-state index contributed by atoms with van der Waals surface area (Å²) >= 11 is 1.93. The van der Waals surface area contributed by atoms with Gasteiger partial charge in [-0.3, -0.25) is 0 Å². The van der Waals surface area contributed by atoms with Crippen molar-refractivity contribution in [2.24, 2.45) is 0 Å². The highest BCUT2D eigenvalue weighted by Crippen LogP contribution is 2.20. The molecule has 0 aliphatic carbocycles. The number of benzene rings is 1. The van der Waals surface area contributed by atoms with Crippen LogP contribution in [0.3, 0.4) is 0 Å². The lowest BCUT2D eigenvalue weighted by Gasteiger charge is -2.28. The molecule has 0 saturated carbocycles. The van der Waals surface area contributed by atoms with Gasteiger partial charge in [-0.1, -0.05) is 18.2 Å². The Morgan fingerprint density at radius 3 is 2.65 bits per heavy atom. The third kappa shape index (κ3) is 3.20. The van der Waals surface area contributed by atoms with Crippen LogP contribution < -0.4 is 10.2 Å². The lowest BCUT2D eigenvalue weighted by molar-refractivity contribution is 0.199. The SMILES string of the molecule is O=C(NC1CCN(c2ccccc2)C1)N1CCSCC1. The second kappa shape index (κ2) is 6.39. The van der Waals surface area contributed by atoms with E-state index in [1.54, 1.807) is 0 Å². The standard InChI is InChI=1S/C15H21N3OS/c19-15(17-8-10-20-11-9-17)16-13-6-7-18(12-13)14-4-2-1-3-5-14/h1-5,13H,6-12H2,(H,16,19). The molecule has 2 amide bonds. The van der Waals surface area contributed by atoms with Crippen LogP contribution in [0.1, 0.15) is 6.42 Å². The smallest absolute Gasteiger partial charge is 0.317 e. The fourth-order valence-corrected chi connectivity index (χ4v) is 3.69. The fourth-order valence-electron chi connectivity index (χ4n) is 2.78. The molecule has 2 aliphatic rings. The molecule has 5 heteroatoms. The second-order valence-corrected chi connectivity index (χ2v) is 6.54. The second-order valence-electron chi connectivity index (χ2n) is 5.32. The lowest BCUT2D eigenvalue weighted by Crippen LogP contribution is -2.48. The molecule has 0 aromatic heterocycles. The van der Waals surface area contributed by atoms with Gasteiger partial charge >= 0.3 is 6.03 Å². The number of carbonyl (C=O) groups excluding carboxylic acids is 1. The Morgan fingerprint density at radius 1 is 1.15 bits per heavy atom. The van der Waals surface area contributed by atoms with Gasteiger partial charge in [-0.25, -0.2) is 4.79 Å². The summed E-state index contributed by atoms with van der Waals surface area (Å²) in [5.74, 6) is 2.13. The molecule has 0 radical (unpaired) electrons. The number of hydrogen-bond acceptors (Lipinski definition) is 3. The highest BCUT2D eigenvalue weighted by atomic mass is 32.2. The van der Waals surface area contributed by atoms with E-state index in [0.717, 1.165) is 44.1 Å². The predicted molar refractivity (Wildman–Crippen MR) is 84.5 cm³/mol. The maximum atomic E-state index is 12.2. The van der Waals surface area contributed by atoms with E-state index in [9.17, 15) is 4.79 Å². The highest BCUT2D eigenvalue weighted by molar-refractivity contribution is 7.99. The third-order valence-electron chi connectivity index (χ3n) is 3.94. The van der Waals surface area contributed by atoms with E-state index in [1.165, 1.54) is 5.69 Å². The van der Waals surface area contributed by atoms with Gasteiger partial charge in [-0.05, 0) is 18.6 Å². The van der Waals surface area contributed by atoms with Crippen molar-refractivity contribution >= 4 is 23.5 Å². The van der Waals surface area contributed by atoms with Gasteiger partial charge in [0.1, 0.15) is 0 Å². The molecule has 108 valence electrons. The molecule has 3 rings (SSSR count). The van der Waals surface area contributed by atoms with Gasteiger partial charge in [0, 0.05) is 49.4 Å². The van der Waals surface area contributed by atoms with Crippen molar-refractivity contribution in [2.75, 3.05) is 42.6 Å². The number of rotatable bonds is 2. The van der Waals surface area contributed by atoms with Crippen molar-refractivity contribution in [2.45, 2.75) is 12.5 Å². The largest absolute Gasteiger partial charge is 0.369 e. The summed E-state index contributed by atoms with van der Waals surface area (Å²) in [6.07, 6.45) is 1.03. The van der Waals surface area contributed by atoms with Crippen LogP contribution in [0.25, 0.3) is 0 Å². The van der Waals surface area contributed by atoms with Gasteiger partial charge in [0.05, 0.1) is 0 Å². The van der Waals surface area contributed by atoms with Crippen LogP contribution >= 0.6 is 11.8 Å². The van der Waals surface area contributed by atoms with Crippen LogP contribution in [-0.4, -0.2) is 54.7 Å². The molecule has 4 nitrogen and oxygen atoms in total. The Hall–Kier alpha value is -1.36. The van der Waals surface area contributed by atoms with E-state index in [4.69, 9.17) is 0 Å². The van der Waals surface area contributed by atoms with E-state index in [0.29, 0.717) is 0 Å². The van der Waals surface area contributed by atoms with Crippen LogP contribution in [0.15, 0.2) is 30.3 Å². The summed E-state index contributed by atoms with van der Waals surface area (Å²) in [5.41, 5.74) is 1.25. The molecule has 1 unspecified atom stereocenters. The van der Waals surface area contributed by atoms with E-state index in [1.807, 2.05) is 22.7 Å². The Labute approximate surface area is 124 Å². The van der Waals surface area contributed by atoms with Crippen LogP contribution in [0.5, 0.6) is 0 Å². The number of nitrogens with zero attached hydrogens (tertiary/aromatic N) is 2. The number of hydrogen-bond donors (Lipinski definition) is 1. The molecular formula is C15H21N3OS. The molecule has 2 heterocycles. The molecule has 2 saturated heterocycles. The normalized spacial score (nSPS) is 22.9. The van der Waals surface area contributed by atoms with Gasteiger partial charge in [0.25, 0.3) is 0 Å². The first-order chi connectivity index (χ1) is 9.83. The number of nitrogens with one attached hydrogen (secondary N) is 1. The number of carbonyl (C=O) groups is 1. The summed E-state index contributed by atoms with van der Waals surface area (Å²) in [7, 11) is 0. The minimum Gasteiger partial charge on any atom is -0.369 e. The summed E-state index contributed by atoms with van der Waals surface area (Å²) in [6, 6.07) is 10.8. The number of para-hydroxylation sites is 1. The van der Waals surface area contributed by atoms with Crippen LogP contribution in [-0.2, 0) is 0 Å². The molecule has 1 aromatic rings. The van der Waals surface area contributed by atoms with Gasteiger partial charge in [-0.2, -0.15) is 11.8 Å². The lowest BCUT2D eigenvalue weighted by atomic mass is 10.2. The van der Waals surface area contributed by atoms with Crippen molar-refractivity contribution < 1.29 is 4.79 Å². The monoisotopic (exact) mass is 291 g/mol. The molecule has 2 fully saturated rings. The molecular weight excluding hydrogens is 270 g/mol. The van der Waals surface area contributed by atoms with Crippen molar-refractivity contribution in [1.82, 2.24) is 10.2 Å². The van der Waals surface area contributed by atoms with E-state index >= 15 is 0 Å². The Balaban J connectivity index is 1.51. The van der Waals surface area contributed by atoms with E-state index in [-0.39, 0.29) is 12.1 Å². The maximum absolute atomic E-state index is 12.2. The summed E-state index contributed by atoms with van der Waals surface area (Å²) < 4.78 is 0. The summed E-state index contributed by atoms with van der Waals surface area (Å²) in [6.45, 7) is 3.69. The van der Waals surface area contributed by atoms with Crippen molar-refractivity contribution in [1.29, 1.82) is 0 Å². The number of thioether (sulfide) groups is 1. The van der Waals surface area contributed by atoms with Crippen molar-refractivity contribution in [3.05, 3.63) is 30.3 Å². The maximum Gasteiger partial charge on any atom is 0.317 e. The summed E-state index contributed by atoms with van der Waals surface area (Å²) in [5, 5.41) is 3.18. The molecule has 0 bridgehead atoms. The van der Waals surface area contributed by atoms with Crippen LogP contribution in [0, 0.1) is 0 Å². The molecule has 0 spiro atoms. The van der Waals surface area contributed by atoms with Crippen molar-refractivity contribution in [3.8, 4) is 0 Å². The highest BCUT2D eigenvalue weighted by Gasteiger charge is 2.26. The quantitative estimate of drug-likeness (QED) is 0.905. The number of urea groups is 1. The van der Waals surface area contributed by atoms with Gasteiger partial charge in [0.2, 0.25) is 0 Å². The average molecular weight is 291 g/mol.